The van der Waals surface area contributed by atoms with E-state index in [9.17, 15) is 9.50 Å². The number of allylic oxidation sites excluding steroid dienone is 5. The van der Waals surface area contributed by atoms with Gasteiger partial charge in [-0.2, -0.15) is 0 Å². The van der Waals surface area contributed by atoms with Crippen molar-refractivity contribution in [3.63, 3.8) is 0 Å². The summed E-state index contributed by atoms with van der Waals surface area (Å²) in [5, 5.41) is 11.1. The van der Waals surface area contributed by atoms with E-state index in [0.29, 0.717) is 4.86 Å². The molecular weight excluding hydrogens is 214 g/mol. The van der Waals surface area contributed by atoms with Crippen molar-refractivity contribution in [2.24, 2.45) is 0 Å². The van der Waals surface area contributed by atoms with Gasteiger partial charge in [0.05, 0.1) is 5.95 Å². The van der Waals surface area contributed by atoms with E-state index in [1.807, 2.05) is 0 Å². The first kappa shape index (κ1) is 13.8. The van der Waals surface area contributed by atoms with Crippen molar-refractivity contribution in [3.8, 4) is 0 Å². The molecule has 0 aromatic carbocycles. The van der Waals surface area contributed by atoms with Crippen LogP contribution in [0.1, 0.15) is 6.92 Å². The van der Waals surface area contributed by atoms with Crippen molar-refractivity contribution in [1.29, 1.82) is 0 Å². The van der Waals surface area contributed by atoms with Crippen LogP contribution in [-0.2, 0) is 4.74 Å². The molecule has 14 heavy (non-hydrogen) atoms. The van der Waals surface area contributed by atoms with E-state index in [1.165, 1.54) is 12.2 Å². The maximum atomic E-state index is 13.1. The Morgan fingerprint density at radius 1 is 1.57 bits per heavy atom. The molecule has 1 rings (SSSR count). The molecule has 0 radical (unpaired) electrons. The quantitative estimate of drug-likeness (QED) is 0.320. The predicted octanol–water partition coefficient (Wildman–Crippen LogP) is -1.61. The third-order valence-corrected chi connectivity index (χ3v) is 1.69. The molecule has 0 amide bonds. The zero-order chi connectivity index (χ0) is 9.84. The summed E-state index contributed by atoms with van der Waals surface area (Å²) in [7, 11) is 0. The molecule has 1 aliphatic rings. The number of hydrogen-bond donors (Lipinski definition) is 0. The molecule has 0 unspecified atom stereocenters. The fourth-order valence-electron chi connectivity index (χ4n) is 0.870. The van der Waals surface area contributed by atoms with Crippen LogP contribution >= 0.6 is 12.2 Å². The SMILES string of the molecule is CCO/C([O-])=C1\C=CC(=S)C=C1F.[Na+]. The zero-order valence-electron chi connectivity index (χ0n) is 8.04. The number of hydrogen-bond acceptors (Lipinski definition) is 3. The second-order valence-corrected chi connectivity index (χ2v) is 2.83. The van der Waals surface area contributed by atoms with Crippen molar-refractivity contribution >= 4 is 17.1 Å². The van der Waals surface area contributed by atoms with Crippen LogP contribution in [0, 0.1) is 0 Å². The summed E-state index contributed by atoms with van der Waals surface area (Å²) in [6, 6.07) is 0. The van der Waals surface area contributed by atoms with Gasteiger partial charge in [0.15, 0.2) is 0 Å². The van der Waals surface area contributed by atoms with E-state index in [4.69, 9.17) is 12.2 Å². The van der Waals surface area contributed by atoms with Crippen molar-refractivity contribution in [2.75, 3.05) is 6.61 Å². The van der Waals surface area contributed by atoms with Gasteiger partial charge in [-0.15, -0.1) is 0 Å². The Kier molecular flexibility index (Phi) is 6.27. The third kappa shape index (κ3) is 3.53. The van der Waals surface area contributed by atoms with Crippen molar-refractivity contribution in [1.82, 2.24) is 0 Å². The summed E-state index contributed by atoms with van der Waals surface area (Å²) in [6.45, 7) is 1.89. The van der Waals surface area contributed by atoms with Crippen LogP contribution in [0.2, 0.25) is 0 Å². The predicted molar refractivity (Wildman–Crippen MR) is 49.6 cm³/mol. The van der Waals surface area contributed by atoms with Gasteiger partial charge < -0.3 is 9.84 Å². The molecule has 0 N–H and O–H groups in total. The van der Waals surface area contributed by atoms with Crippen LogP contribution in [0.25, 0.3) is 0 Å². The third-order valence-electron chi connectivity index (χ3n) is 1.44. The van der Waals surface area contributed by atoms with Crippen LogP contribution in [0.4, 0.5) is 4.39 Å². The van der Waals surface area contributed by atoms with Gasteiger partial charge in [0.1, 0.15) is 5.83 Å². The van der Waals surface area contributed by atoms with Gasteiger partial charge >= 0.3 is 29.6 Å². The van der Waals surface area contributed by atoms with E-state index in [-0.39, 0.29) is 41.7 Å². The first-order chi connectivity index (χ1) is 6.15. The monoisotopic (exact) mass is 222 g/mol. The molecule has 1 aliphatic carbocycles. The minimum Gasteiger partial charge on any atom is -0.613 e. The Hall–Kier alpha value is -0.160. The first-order valence-corrected chi connectivity index (χ1v) is 4.19. The summed E-state index contributed by atoms with van der Waals surface area (Å²) in [5.74, 6) is -1.29. The molecule has 0 fully saturated rings. The van der Waals surface area contributed by atoms with E-state index in [2.05, 4.69) is 4.74 Å². The van der Waals surface area contributed by atoms with Crippen molar-refractivity contribution < 1.29 is 43.8 Å². The fourth-order valence-corrected chi connectivity index (χ4v) is 1.04. The minimum atomic E-state index is -0.657. The maximum absolute atomic E-state index is 13.1. The van der Waals surface area contributed by atoms with Crippen LogP contribution in [0.3, 0.4) is 0 Å². The first-order valence-electron chi connectivity index (χ1n) is 3.79. The van der Waals surface area contributed by atoms with Gasteiger partial charge in [-0.25, -0.2) is 4.39 Å². The summed E-state index contributed by atoms with van der Waals surface area (Å²) in [4.78, 5) is 0.366. The molecule has 0 heterocycles. The molecule has 2 nitrogen and oxygen atoms in total. The van der Waals surface area contributed by atoms with Gasteiger partial charge in [0.25, 0.3) is 0 Å². The molecule has 0 aromatic rings. The van der Waals surface area contributed by atoms with Crippen LogP contribution in [0.15, 0.2) is 35.6 Å². The number of rotatable bonds is 2. The molecule has 0 saturated carbocycles. The second kappa shape index (κ2) is 6.35. The number of thiocarbonyl (C=S) groups is 1. The summed E-state index contributed by atoms with van der Waals surface area (Å²) >= 11 is 4.72. The molecular formula is C9H8FNaO2S. The van der Waals surface area contributed by atoms with E-state index >= 15 is 0 Å². The molecule has 0 saturated heterocycles. The minimum absolute atomic E-state index is 0. The molecule has 0 aliphatic heterocycles. The average molecular weight is 222 g/mol. The molecule has 0 atom stereocenters. The van der Waals surface area contributed by atoms with Gasteiger partial charge in [0, 0.05) is 10.4 Å². The van der Waals surface area contributed by atoms with E-state index < -0.39 is 11.8 Å². The number of ether oxygens (including phenoxy) is 1. The van der Waals surface area contributed by atoms with Crippen molar-refractivity contribution in [3.05, 3.63) is 35.6 Å². The molecule has 0 spiro atoms. The maximum Gasteiger partial charge on any atom is 1.00 e. The standard InChI is InChI=1S/C9H9FO2S.Na/c1-2-12-9(11)7-4-3-6(13)5-8(7)10;/h3-5,11H,2H2,1H3;/q;+1/p-1/b9-7+;. The second-order valence-electron chi connectivity index (χ2n) is 2.36. The fraction of sp³-hybridized carbons (Fsp3) is 0.222. The van der Waals surface area contributed by atoms with Crippen molar-refractivity contribution in [2.45, 2.75) is 6.92 Å². The summed E-state index contributed by atoms with van der Waals surface area (Å²) in [6.07, 6.45) is 3.95. The van der Waals surface area contributed by atoms with Crippen LogP contribution in [-0.4, -0.2) is 11.5 Å². The number of halogens is 1. The topological polar surface area (TPSA) is 32.3 Å². The Morgan fingerprint density at radius 3 is 2.71 bits per heavy atom. The Morgan fingerprint density at radius 2 is 2.21 bits per heavy atom. The molecule has 5 heteroatoms. The molecule has 0 aromatic heterocycles. The van der Waals surface area contributed by atoms with Gasteiger partial charge in [-0.1, -0.05) is 19.1 Å². The van der Waals surface area contributed by atoms with Crippen LogP contribution in [0.5, 0.6) is 0 Å². The van der Waals surface area contributed by atoms with Gasteiger partial charge in [0.2, 0.25) is 0 Å². The van der Waals surface area contributed by atoms with Gasteiger partial charge in [-0.3, -0.25) is 0 Å². The Balaban J connectivity index is 0.00000169. The average Bonchev–Trinajstić information content (AvgIpc) is 2.04. The Labute approximate surface area is 109 Å². The molecule has 0 bridgehead atoms. The normalized spacial score (nSPS) is 18.4. The van der Waals surface area contributed by atoms with Crippen LogP contribution < -0.4 is 34.7 Å². The Bertz CT molecular complexity index is 321. The van der Waals surface area contributed by atoms with E-state index in [0.717, 1.165) is 6.08 Å². The smallest absolute Gasteiger partial charge is 0.613 e. The van der Waals surface area contributed by atoms with E-state index in [1.54, 1.807) is 6.92 Å². The summed E-state index contributed by atoms with van der Waals surface area (Å²) < 4.78 is 17.7. The zero-order valence-corrected chi connectivity index (χ0v) is 10.9. The van der Waals surface area contributed by atoms with Gasteiger partial charge in [-0.05, 0) is 24.8 Å². The molecule has 70 valence electrons. The largest absolute Gasteiger partial charge is 1.00 e. The summed E-state index contributed by atoms with van der Waals surface area (Å²) in [5.41, 5.74) is -0.0737.